The van der Waals surface area contributed by atoms with Crippen LogP contribution in [0.2, 0.25) is 0 Å². The minimum absolute atomic E-state index is 0.195. The molecule has 1 aromatic carbocycles. The summed E-state index contributed by atoms with van der Waals surface area (Å²) in [6, 6.07) is 6.52. The van der Waals surface area contributed by atoms with Crippen LogP contribution in [-0.4, -0.2) is 11.2 Å². The summed E-state index contributed by atoms with van der Waals surface area (Å²) in [5.41, 5.74) is 1.13. The molecule has 0 bridgehead atoms. The molecule has 0 saturated heterocycles. The van der Waals surface area contributed by atoms with Crippen molar-refractivity contribution in [2.45, 2.75) is 32.3 Å². The third-order valence-electron chi connectivity index (χ3n) is 2.00. The lowest BCUT2D eigenvalue weighted by Crippen LogP contribution is -1.99. The number of rotatable bonds is 4. The van der Waals surface area contributed by atoms with Crippen LogP contribution in [0.5, 0.6) is 0 Å². The third-order valence-corrected chi connectivity index (χ3v) is 2.00. The van der Waals surface area contributed by atoms with Crippen LogP contribution in [0.25, 0.3) is 0 Å². The van der Waals surface area contributed by atoms with Gasteiger partial charge in [-0.25, -0.2) is 4.39 Å². The summed E-state index contributed by atoms with van der Waals surface area (Å²) < 4.78 is 12.5. The normalized spacial score (nSPS) is 12.8. The average Bonchev–Trinajstić information content (AvgIpc) is 2.08. The van der Waals surface area contributed by atoms with E-state index in [1.165, 1.54) is 12.1 Å². The predicted octanol–water partition coefficient (Wildman–Crippen LogP) is 2.53. The topological polar surface area (TPSA) is 20.2 Å². The van der Waals surface area contributed by atoms with Crippen molar-refractivity contribution in [1.82, 2.24) is 0 Å². The molecule has 0 fully saturated rings. The highest BCUT2D eigenvalue weighted by atomic mass is 19.1. The summed E-state index contributed by atoms with van der Waals surface area (Å²) in [5, 5.41) is 9.01. The lowest BCUT2D eigenvalue weighted by atomic mass is 10.1. The Kier molecular flexibility index (Phi) is 3.90. The molecule has 1 unspecified atom stereocenters. The van der Waals surface area contributed by atoms with Gasteiger partial charge in [0.05, 0.1) is 6.10 Å². The molecule has 0 spiro atoms. The quantitative estimate of drug-likeness (QED) is 0.758. The predicted molar refractivity (Wildman–Crippen MR) is 51.0 cm³/mol. The van der Waals surface area contributed by atoms with Crippen molar-refractivity contribution < 1.29 is 9.50 Å². The van der Waals surface area contributed by atoms with Crippen LogP contribution in [0.15, 0.2) is 24.3 Å². The van der Waals surface area contributed by atoms with Gasteiger partial charge in [0.2, 0.25) is 0 Å². The Labute approximate surface area is 78.2 Å². The molecule has 0 aliphatic carbocycles. The van der Waals surface area contributed by atoms with Crippen LogP contribution in [-0.2, 0) is 6.42 Å². The van der Waals surface area contributed by atoms with Gasteiger partial charge in [-0.3, -0.25) is 0 Å². The molecule has 1 N–H and O–H groups in total. The van der Waals surface area contributed by atoms with Gasteiger partial charge in [-0.15, -0.1) is 0 Å². The Balaban J connectivity index is 2.33. The average molecular weight is 182 g/mol. The van der Waals surface area contributed by atoms with Gasteiger partial charge in [-0.2, -0.15) is 0 Å². The summed E-state index contributed by atoms with van der Waals surface area (Å²) in [6.45, 7) is 1.78. The Morgan fingerprint density at radius 2 is 1.92 bits per heavy atom. The molecule has 72 valence electrons. The Hall–Kier alpha value is -0.890. The van der Waals surface area contributed by atoms with Gasteiger partial charge in [0.1, 0.15) is 5.82 Å². The molecule has 0 heterocycles. The maximum atomic E-state index is 12.5. The Morgan fingerprint density at radius 1 is 1.31 bits per heavy atom. The van der Waals surface area contributed by atoms with Crippen molar-refractivity contribution in [1.29, 1.82) is 0 Å². The first-order valence-electron chi connectivity index (χ1n) is 4.61. The first-order valence-corrected chi connectivity index (χ1v) is 4.61. The fourth-order valence-electron chi connectivity index (χ4n) is 1.25. The van der Waals surface area contributed by atoms with Crippen LogP contribution in [0, 0.1) is 5.82 Å². The smallest absolute Gasteiger partial charge is 0.123 e. The molecule has 0 radical (unpaired) electrons. The highest BCUT2D eigenvalue weighted by molar-refractivity contribution is 5.15. The summed E-state index contributed by atoms with van der Waals surface area (Å²) in [4.78, 5) is 0. The zero-order valence-corrected chi connectivity index (χ0v) is 7.83. The lowest BCUT2D eigenvalue weighted by molar-refractivity contribution is 0.182. The van der Waals surface area contributed by atoms with Gasteiger partial charge < -0.3 is 5.11 Å². The molecule has 1 rings (SSSR count). The number of hydrogen-bond donors (Lipinski definition) is 1. The fourth-order valence-corrected chi connectivity index (χ4v) is 1.25. The van der Waals surface area contributed by atoms with E-state index in [-0.39, 0.29) is 11.9 Å². The molecule has 0 aliphatic rings. The number of aryl methyl sites for hydroxylation is 1. The summed E-state index contributed by atoms with van der Waals surface area (Å²) in [5.74, 6) is -0.195. The molecule has 1 atom stereocenters. The minimum Gasteiger partial charge on any atom is -0.393 e. The van der Waals surface area contributed by atoms with Gasteiger partial charge in [0, 0.05) is 0 Å². The van der Waals surface area contributed by atoms with E-state index in [1.54, 1.807) is 19.1 Å². The van der Waals surface area contributed by atoms with Crippen LogP contribution in [0.3, 0.4) is 0 Å². The third kappa shape index (κ3) is 4.04. The van der Waals surface area contributed by atoms with E-state index in [0.717, 1.165) is 24.8 Å². The second kappa shape index (κ2) is 4.97. The van der Waals surface area contributed by atoms with E-state index < -0.39 is 0 Å². The standard InChI is InChI=1S/C11H15FO/c1-9(13)3-2-4-10-5-7-11(12)8-6-10/h5-9,13H,2-4H2,1H3. The number of hydrogen-bond acceptors (Lipinski definition) is 1. The van der Waals surface area contributed by atoms with E-state index in [0.29, 0.717) is 0 Å². The maximum Gasteiger partial charge on any atom is 0.123 e. The van der Waals surface area contributed by atoms with E-state index in [1.807, 2.05) is 0 Å². The highest BCUT2D eigenvalue weighted by Gasteiger charge is 1.97. The zero-order chi connectivity index (χ0) is 9.68. The highest BCUT2D eigenvalue weighted by Crippen LogP contribution is 2.07. The van der Waals surface area contributed by atoms with E-state index in [2.05, 4.69) is 0 Å². The monoisotopic (exact) mass is 182 g/mol. The van der Waals surface area contributed by atoms with Crippen LogP contribution >= 0.6 is 0 Å². The summed E-state index contributed by atoms with van der Waals surface area (Å²) >= 11 is 0. The molecule has 0 saturated carbocycles. The van der Waals surface area contributed by atoms with Gasteiger partial charge >= 0.3 is 0 Å². The summed E-state index contributed by atoms with van der Waals surface area (Å²) in [6.07, 6.45) is 2.42. The zero-order valence-electron chi connectivity index (χ0n) is 7.83. The molecule has 0 aliphatic heterocycles. The second-order valence-corrected chi connectivity index (χ2v) is 3.37. The van der Waals surface area contributed by atoms with Crippen LogP contribution in [0.4, 0.5) is 4.39 Å². The van der Waals surface area contributed by atoms with Gasteiger partial charge in [0.25, 0.3) is 0 Å². The Bertz CT molecular complexity index is 241. The SMILES string of the molecule is CC(O)CCCc1ccc(F)cc1. The first-order chi connectivity index (χ1) is 6.18. The van der Waals surface area contributed by atoms with Crippen molar-refractivity contribution in [3.8, 4) is 0 Å². The number of halogens is 1. The van der Waals surface area contributed by atoms with E-state index >= 15 is 0 Å². The maximum absolute atomic E-state index is 12.5. The van der Waals surface area contributed by atoms with Crippen molar-refractivity contribution in [2.24, 2.45) is 0 Å². The van der Waals surface area contributed by atoms with E-state index in [9.17, 15) is 4.39 Å². The largest absolute Gasteiger partial charge is 0.393 e. The van der Waals surface area contributed by atoms with Gasteiger partial charge in [0.15, 0.2) is 0 Å². The number of benzene rings is 1. The number of aliphatic hydroxyl groups is 1. The molecule has 0 amide bonds. The fraction of sp³-hybridized carbons (Fsp3) is 0.455. The first kappa shape index (κ1) is 10.2. The van der Waals surface area contributed by atoms with Crippen molar-refractivity contribution in [2.75, 3.05) is 0 Å². The molecular formula is C11H15FO. The number of aliphatic hydroxyl groups excluding tert-OH is 1. The van der Waals surface area contributed by atoms with Crippen molar-refractivity contribution in [3.63, 3.8) is 0 Å². The molecule has 0 aromatic heterocycles. The van der Waals surface area contributed by atoms with E-state index in [4.69, 9.17) is 5.11 Å². The molecule has 1 nitrogen and oxygen atoms in total. The van der Waals surface area contributed by atoms with Crippen LogP contribution in [0.1, 0.15) is 25.3 Å². The van der Waals surface area contributed by atoms with Crippen molar-refractivity contribution >= 4 is 0 Å². The summed E-state index contributed by atoms with van der Waals surface area (Å²) in [7, 11) is 0. The lowest BCUT2D eigenvalue weighted by Gasteiger charge is -2.03. The molecule has 2 heteroatoms. The van der Waals surface area contributed by atoms with Gasteiger partial charge in [-0.1, -0.05) is 12.1 Å². The Morgan fingerprint density at radius 3 is 2.46 bits per heavy atom. The molecular weight excluding hydrogens is 167 g/mol. The second-order valence-electron chi connectivity index (χ2n) is 3.37. The minimum atomic E-state index is -0.236. The molecule has 13 heavy (non-hydrogen) atoms. The van der Waals surface area contributed by atoms with Crippen molar-refractivity contribution in [3.05, 3.63) is 35.6 Å². The van der Waals surface area contributed by atoms with Gasteiger partial charge in [-0.05, 0) is 43.9 Å². The van der Waals surface area contributed by atoms with Crippen LogP contribution < -0.4 is 0 Å². The molecule has 1 aromatic rings.